The van der Waals surface area contributed by atoms with Crippen LogP contribution in [0.1, 0.15) is 24.9 Å². The zero-order valence-corrected chi connectivity index (χ0v) is 12.7. The van der Waals surface area contributed by atoms with Crippen molar-refractivity contribution in [3.63, 3.8) is 0 Å². The number of hydrogen-bond acceptors (Lipinski definition) is 4. The number of nitrogens with two attached hydrogens (primary N) is 1. The number of nitrogens with zero attached hydrogens (tertiary/aromatic N) is 1. The van der Waals surface area contributed by atoms with Gasteiger partial charge in [0.25, 0.3) is 0 Å². The lowest BCUT2D eigenvalue weighted by atomic mass is 10.1. The van der Waals surface area contributed by atoms with Crippen molar-refractivity contribution in [3.8, 4) is 0 Å². The van der Waals surface area contributed by atoms with Crippen molar-refractivity contribution in [2.45, 2.75) is 25.4 Å². The molecule has 0 spiro atoms. The molecule has 1 aromatic rings. The Labute approximate surface area is 119 Å². The molecule has 0 radical (unpaired) electrons. The molecule has 2 rings (SSSR count). The summed E-state index contributed by atoms with van der Waals surface area (Å²) < 4.78 is 23.1. The van der Waals surface area contributed by atoms with E-state index in [1.165, 1.54) is 0 Å². The van der Waals surface area contributed by atoms with Crippen molar-refractivity contribution in [2.75, 3.05) is 23.5 Å². The highest BCUT2D eigenvalue weighted by molar-refractivity contribution is 7.91. The summed E-state index contributed by atoms with van der Waals surface area (Å²) in [7, 11) is -1.00. The Morgan fingerprint density at radius 2 is 2.16 bits per heavy atom. The molecule has 1 aliphatic rings. The second-order valence-electron chi connectivity index (χ2n) is 5.17. The van der Waals surface area contributed by atoms with Crippen LogP contribution in [-0.2, 0) is 9.84 Å². The molecule has 6 heteroatoms. The average Bonchev–Trinajstić information content (AvgIpc) is 2.68. The predicted octanol–water partition coefficient (Wildman–Crippen LogP) is 1.98. The van der Waals surface area contributed by atoms with E-state index in [1.54, 1.807) is 0 Å². The van der Waals surface area contributed by atoms with E-state index in [2.05, 4.69) is 0 Å². The monoisotopic (exact) mass is 302 g/mol. The van der Waals surface area contributed by atoms with Gasteiger partial charge in [0.2, 0.25) is 0 Å². The van der Waals surface area contributed by atoms with E-state index in [4.69, 9.17) is 17.3 Å². The van der Waals surface area contributed by atoms with Crippen LogP contribution in [0.25, 0.3) is 0 Å². The number of hydrogen-bond donors (Lipinski definition) is 1. The smallest absolute Gasteiger partial charge is 0.152 e. The van der Waals surface area contributed by atoms with E-state index in [-0.39, 0.29) is 23.6 Å². The van der Waals surface area contributed by atoms with E-state index in [0.29, 0.717) is 11.4 Å². The van der Waals surface area contributed by atoms with Gasteiger partial charge in [-0.3, -0.25) is 0 Å². The lowest BCUT2D eigenvalue weighted by Crippen LogP contribution is -2.32. The normalized spacial score (nSPS) is 23.3. The van der Waals surface area contributed by atoms with Gasteiger partial charge in [-0.25, -0.2) is 8.42 Å². The molecule has 1 aromatic carbocycles. The third kappa shape index (κ3) is 3.22. The first-order valence-corrected chi connectivity index (χ1v) is 8.48. The third-order valence-corrected chi connectivity index (χ3v) is 5.69. The van der Waals surface area contributed by atoms with E-state index < -0.39 is 9.84 Å². The second kappa shape index (κ2) is 5.31. The van der Waals surface area contributed by atoms with Gasteiger partial charge in [0.15, 0.2) is 9.84 Å². The first-order valence-electron chi connectivity index (χ1n) is 6.28. The third-order valence-electron chi connectivity index (χ3n) is 3.63. The number of sulfone groups is 1. The summed E-state index contributed by atoms with van der Waals surface area (Å²) in [5.41, 5.74) is 7.64. The summed E-state index contributed by atoms with van der Waals surface area (Å²) in [6.07, 6.45) is 0.657. The molecule has 0 aromatic heterocycles. The Bertz CT molecular complexity index is 572. The van der Waals surface area contributed by atoms with E-state index in [0.717, 1.165) is 11.3 Å². The van der Waals surface area contributed by atoms with Crippen LogP contribution < -0.4 is 10.6 Å². The first kappa shape index (κ1) is 14.6. The standard InChI is InChI=1S/C13H19ClN2O2S/c1-9(15)10-3-4-13(12(14)7-10)16(2)11-5-6-19(17,18)8-11/h3-4,7,9,11H,5-6,8,15H2,1-2H3/t9-,11?/m0/s1. The van der Waals surface area contributed by atoms with Gasteiger partial charge in [0, 0.05) is 19.1 Å². The summed E-state index contributed by atoms with van der Waals surface area (Å²) in [4.78, 5) is 1.96. The predicted molar refractivity (Wildman–Crippen MR) is 79.5 cm³/mol. The van der Waals surface area contributed by atoms with Crippen LogP contribution in [0.15, 0.2) is 18.2 Å². The Balaban J connectivity index is 2.23. The molecule has 106 valence electrons. The van der Waals surface area contributed by atoms with Crippen molar-refractivity contribution in [3.05, 3.63) is 28.8 Å². The highest BCUT2D eigenvalue weighted by Gasteiger charge is 2.31. The van der Waals surface area contributed by atoms with Gasteiger partial charge in [-0.1, -0.05) is 17.7 Å². The number of benzene rings is 1. The number of halogens is 1. The van der Waals surface area contributed by atoms with Crippen LogP contribution in [0, 0.1) is 0 Å². The minimum absolute atomic E-state index is 0.00338. The first-order chi connectivity index (χ1) is 8.80. The fraction of sp³-hybridized carbons (Fsp3) is 0.538. The molecule has 4 nitrogen and oxygen atoms in total. The number of rotatable bonds is 3. The van der Waals surface area contributed by atoms with Gasteiger partial charge in [0.1, 0.15) is 0 Å². The minimum Gasteiger partial charge on any atom is -0.369 e. The Kier molecular flexibility index (Phi) is 4.08. The van der Waals surface area contributed by atoms with E-state index in [1.807, 2.05) is 37.1 Å². The SMILES string of the molecule is C[C@H](N)c1ccc(N(C)C2CCS(=O)(=O)C2)c(Cl)c1. The van der Waals surface area contributed by atoms with Crippen molar-refractivity contribution in [1.82, 2.24) is 0 Å². The highest BCUT2D eigenvalue weighted by atomic mass is 35.5. The van der Waals surface area contributed by atoms with Gasteiger partial charge in [-0.15, -0.1) is 0 Å². The van der Waals surface area contributed by atoms with Crippen molar-refractivity contribution >= 4 is 27.1 Å². The fourth-order valence-electron chi connectivity index (χ4n) is 2.37. The van der Waals surface area contributed by atoms with E-state index in [9.17, 15) is 8.42 Å². The van der Waals surface area contributed by atoms with E-state index >= 15 is 0 Å². The molecule has 0 amide bonds. The molecule has 2 atom stereocenters. The summed E-state index contributed by atoms with van der Waals surface area (Å²) in [5, 5.41) is 0.613. The molecule has 1 unspecified atom stereocenters. The molecule has 1 heterocycles. The molecule has 19 heavy (non-hydrogen) atoms. The molecule has 0 saturated carbocycles. The zero-order valence-electron chi connectivity index (χ0n) is 11.1. The molecule has 0 aliphatic carbocycles. The van der Waals surface area contributed by atoms with Crippen LogP contribution in [0.3, 0.4) is 0 Å². The molecular formula is C13H19ClN2O2S. The maximum atomic E-state index is 11.5. The topological polar surface area (TPSA) is 63.4 Å². The maximum absolute atomic E-state index is 11.5. The molecular weight excluding hydrogens is 284 g/mol. The lowest BCUT2D eigenvalue weighted by molar-refractivity contribution is 0.601. The van der Waals surface area contributed by atoms with Crippen LogP contribution >= 0.6 is 11.6 Å². The Morgan fingerprint density at radius 3 is 2.63 bits per heavy atom. The van der Waals surface area contributed by atoms with Gasteiger partial charge in [-0.2, -0.15) is 0 Å². The summed E-state index contributed by atoms with van der Waals surface area (Å²) >= 11 is 6.27. The molecule has 0 bridgehead atoms. The fourth-order valence-corrected chi connectivity index (χ4v) is 4.47. The second-order valence-corrected chi connectivity index (χ2v) is 7.80. The molecule has 1 saturated heterocycles. The van der Waals surface area contributed by atoms with Gasteiger partial charge < -0.3 is 10.6 Å². The molecule has 2 N–H and O–H groups in total. The maximum Gasteiger partial charge on any atom is 0.152 e. The molecule has 1 fully saturated rings. The quantitative estimate of drug-likeness (QED) is 0.927. The van der Waals surface area contributed by atoms with Crippen LogP contribution in [0.5, 0.6) is 0 Å². The van der Waals surface area contributed by atoms with Crippen molar-refractivity contribution in [1.29, 1.82) is 0 Å². The van der Waals surface area contributed by atoms with Crippen molar-refractivity contribution < 1.29 is 8.42 Å². The summed E-state index contributed by atoms with van der Waals surface area (Å²) in [6.45, 7) is 1.90. The average molecular weight is 303 g/mol. The molecule has 1 aliphatic heterocycles. The minimum atomic E-state index is -2.89. The largest absolute Gasteiger partial charge is 0.369 e. The van der Waals surface area contributed by atoms with Crippen LogP contribution in [0.2, 0.25) is 5.02 Å². The van der Waals surface area contributed by atoms with Gasteiger partial charge in [0.05, 0.1) is 22.2 Å². The summed E-state index contributed by atoms with van der Waals surface area (Å²) in [5.74, 6) is 0.465. The summed E-state index contributed by atoms with van der Waals surface area (Å²) in [6, 6.07) is 5.63. The van der Waals surface area contributed by atoms with Gasteiger partial charge >= 0.3 is 0 Å². The van der Waals surface area contributed by atoms with Gasteiger partial charge in [-0.05, 0) is 31.0 Å². The van der Waals surface area contributed by atoms with Crippen LogP contribution in [0.4, 0.5) is 5.69 Å². The zero-order chi connectivity index (χ0) is 14.2. The van der Waals surface area contributed by atoms with Crippen LogP contribution in [-0.4, -0.2) is 33.0 Å². The lowest BCUT2D eigenvalue weighted by Gasteiger charge is -2.27. The Hall–Kier alpha value is -0.780. The highest BCUT2D eigenvalue weighted by Crippen LogP contribution is 2.31. The Morgan fingerprint density at radius 1 is 1.47 bits per heavy atom. The number of anilines is 1. The van der Waals surface area contributed by atoms with Crippen molar-refractivity contribution in [2.24, 2.45) is 5.73 Å².